The van der Waals surface area contributed by atoms with Gasteiger partial charge in [0, 0.05) is 21.7 Å². The van der Waals surface area contributed by atoms with E-state index < -0.39 is 30.0 Å². The van der Waals surface area contributed by atoms with E-state index in [0.29, 0.717) is 10.2 Å². The lowest BCUT2D eigenvalue weighted by atomic mass is 10.0. The van der Waals surface area contributed by atoms with E-state index in [1.54, 1.807) is 18.2 Å². The van der Waals surface area contributed by atoms with Crippen molar-refractivity contribution in [2.75, 3.05) is 6.54 Å². The highest BCUT2D eigenvalue weighted by molar-refractivity contribution is 9.10. The minimum atomic E-state index is -0.724. The van der Waals surface area contributed by atoms with Crippen molar-refractivity contribution in [3.8, 4) is 5.75 Å². The minimum absolute atomic E-state index is 0.0290. The predicted octanol–water partition coefficient (Wildman–Crippen LogP) is 3.46. The first-order valence-corrected chi connectivity index (χ1v) is 10.2. The first kappa shape index (κ1) is 23.6. The number of carbonyl (C=O) groups excluding carboxylic acids is 3. The van der Waals surface area contributed by atoms with Crippen LogP contribution in [-0.2, 0) is 9.59 Å². The van der Waals surface area contributed by atoms with Gasteiger partial charge in [0.2, 0.25) is 5.78 Å². The molecule has 10 heteroatoms. The van der Waals surface area contributed by atoms with Gasteiger partial charge in [-0.25, -0.2) is 9.18 Å². The lowest BCUT2D eigenvalue weighted by Crippen LogP contribution is -2.34. The monoisotopic (exact) mass is 513 g/mol. The van der Waals surface area contributed by atoms with Crippen LogP contribution in [0.15, 0.2) is 80.9 Å². The number of nitrogens with two attached hydrogens (primary N) is 1. The second kappa shape index (κ2) is 11.0. The molecule has 0 fully saturated rings. The number of furan rings is 1. The van der Waals surface area contributed by atoms with Crippen LogP contribution in [0, 0.1) is 5.82 Å². The number of hydrazone groups is 1. The van der Waals surface area contributed by atoms with Crippen LogP contribution in [0.2, 0.25) is 0 Å². The van der Waals surface area contributed by atoms with Crippen LogP contribution >= 0.6 is 15.9 Å². The third-order valence-electron chi connectivity index (χ3n) is 4.22. The second-order valence-corrected chi connectivity index (χ2v) is 7.42. The summed E-state index contributed by atoms with van der Waals surface area (Å²) < 4.78 is 24.3. The Balaban J connectivity index is 1.74. The molecule has 0 bridgehead atoms. The van der Waals surface area contributed by atoms with Crippen molar-refractivity contribution < 1.29 is 27.9 Å². The Morgan fingerprint density at radius 3 is 2.67 bits per heavy atom. The second-order valence-electron chi connectivity index (χ2n) is 6.50. The third-order valence-corrected chi connectivity index (χ3v) is 4.72. The summed E-state index contributed by atoms with van der Waals surface area (Å²) in [6.07, 6.45) is 4.04. The van der Waals surface area contributed by atoms with E-state index in [4.69, 9.17) is 15.0 Å². The molecule has 0 aliphatic carbocycles. The van der Waals surface area contributed by atoms with Gasteiger partial charge in [-0.05, 0) is 54.6 Å². The molecule has 1 aromatic heterocycles. The Hall–Kier alpha value is -4.05. The number of carbonyl (C=O) groups is 3. The van der Waals surface area contributed by atoms with Crippen LogP contribution in [-0.4, -0.2) is 29.9 Å². The molecule has 0 saturated carbocycles. The fourth-order valence-corrected chi connectivity index (χ4v) is 3.08. The van der Waals surface area contributed by atoms with Gasteiger partial charge in [-0.2, -0.15) is 5.10 Å². The van der Waals surface area contributed by atoms with E-state index in [-0.39, 0.29) is 22.6 Å². The van der Waals surface area contributed by atoms with Crippen LogP contribution in [0.3, 0.4) is 0 Å². The number of benzene rings is 2. The maximum atomic E-state index is 13.3. The van der Waals surface area contributed by atoms with Gasteiger partial charge in [0.25, 0.3) is 5.91 Å². The van der Waals surface area contributed by atoms with Gasteiger partial charge in [0.1, 0.15) is 23.0 Å². The summed E-state index contributed by atoms with van der Waals surface area (Å²) >= 11 is 3.29. The molecular formula is C23H17BrFN3O5. The largest absolute Gasteiger partial charge is 0.465 e. The minimum Gasteiger partial charge on any atom is -0.465 e. The molecule has 8 nitrogen and oxygen atoms in total. The predicted molar refractivity (Wildman–Crippen MR) is 122 cm³/mol. The first-order valence-electron chi connectivity index (χ1n) is 9.45. The Morgan fingerprint density at radius 1 is 1.15 bits per heavy atom. The Bertz CT molecular complexity index is 1240. The number of ketones is 1. The average molecular weight is 514 g/mol. The molecule has 2 aromatic carbocycles. The Morgan fingerprint density at radius 2 is 1.97 bits per heavy atom. The van der Waals surface area contributed by atoms with E-state index in [1.165, 1.54) is 42.7 Å². The molecule has 0 aliphatic rings. The van der Waals surface area contributed by atoms with E-state index >= 15 is 0 Å². The molecule has 168 valence electrons. The van der Waals surface area contributed by atoms with Gasteiger partial charge in [0.05, 0.1) is 12.8 Å². The van der Waals surface area contributed by atoms with Crippen molar-refractivity contribution in [3.63, 3.8) is 0 Å². The van der Waals surface area contributed by atoms with Crippen LogP contribution in [0.25, 0.3) is 6.08 Å². The van der Waals surface area contributed by atoms with Gasteiger partial charge in [0.15, 0.2) is 0 Å². The van der Waals surface area contributed by atoms with Gasteiger partial charge in [-0.1, -0.05) is 22.0 Å². The van der Waals surface area contributed by atoms with E-state index in [9.17, 15) is 18.8 Å². The highest BCUT2D eigenvalue weighted by atomic mass is 79.9. The van der Waals surface area contributed by atoms with Gasteiger partial charge in [-0.3, -0.25) is 9.59 Å². The zero-order chi connectivity index (χ0) is 23.8. The van der Waals surface area contributed by atoms with E-state index in [1.807, 2.05) is 0 Å². The molecule has 33 heavy (non-hydrogen) atoms. The number of rotatable bonds is 8. The number of amides is 1. The van der Waals surface area contributed by atoms with Crippen molar-refractivity contribution >= 4 is 45.4 Å². The molecular weight excluding hydrogens is 497 g/mol. The molecule has 3 aromatic rings. The first-order chi connectivity index (χ1) is 15.9. The molecule has 0 radical (unpaired) electrons. The summed E-state index contributed by atoms with van der Waals surface area (Å²) in [5, 5.41) is 5.92. The van der Waals surface area contributed by atoms with Crippen molar-refractivity contribution in [2.45, 2.75) is 0 Å². The number of nitrogens with one attached hydrogen (secondary N) is 1. The maximum Gasteiger partial charge on any atom is 0.336 e. The number of Topliss-reactive ketones (excluding diaryl/α,β-unsaturated/α-hetero) is 1. The molecule has 0 spiro atoms. The fraction of sp³-hybridized carbons (Fsp3) is 0.0435. The van der Waals surface area contributed by atoms with Crippen LogP contribution in [0.4, 0.5) is 4.39 Å². The zero-order valence-electron chi connectivity index (χ0n) is 17.0. The van der Waals surface area contributed by atoms with Crippen molar-refractivity contribution in [1.29, 1.82) is 0 Å². The number of ether oxygens (including phenoxy) is 1. The zero-order valence-corrected chi connectivity index (χ0v) is 18.5. The SMILES string of the molecule is N/N=C(/C(=O)CNC(=O)c1cccc(F)c1)c1cc(Br)ccc1OC(=O)/C=C/c1ccco1. The van der Waals surface area contributed by atoms with Gasteiger partial charge in [-0.15, -0.1) is 0 Å². The molecule has 0 unspecified atom stereocenters. The summed E-state index contributed by atoms with van der Waals surface area (Å²) in [7, 11) is 0. The number of hydrogen-bond acceptors (Lipinski definition) is 7. The van der Waals surface area contributed by atoms with Crippen molar-refractivity contribution in [2.24, 2.45) is 10.9 Å². The summed E-state index contributed by atoms with van der Waals surface area (Å²) in [5.41, 5.74) is -0.0419. The normalized spacial score (nSPS) is 11.4. The van der Waals surface area contributed by atoms with Crippen LogP contribution < -0.4 is 15.9 Å². The molecule has 1 heterocycles. The fourth-order valence-electron chi connectivity index (χ4n) is 2.72. The number of hydrogen-bond donors (Lipinski definition) is 2. The van der Waals surface area contributed by atoms with E-state index in [2.05, 4.69) is 26.3 Å². The number of halogens is 2. The smallest absolute Gasteiger partial charge is 0.336 e. The molecule has 3 N–H and O–H groups in total. The maximum absolute atomic E-state index is 13.3. The molecule has 1 amide bonds. The highest BCUT2D eigenvalue weighted by Gasteiger charge is 2.21. The average Bonchev–Trinajstić information content (AvgIpc) is 3.32. The summed E-state index contributed by atoms with van der Waals surface area (Å²) in [4.78, 5) is 37.1. The van der Waals surface area contributed by atoms with Crippen molar-refractivity contribution in [1.82, 2.24) is 5.32 Å². The molecule has 0 atom stereocenters. The Labute approximate surface area is 196 Å². The van der Waals surface area contributed by atoms with E-state index in [0.717, 1.165) is 12.1 Å². The molecule has 0 aliphatic heterocycles. The number of esters is 1. The summed E-state index contributed by atoms with van der Waals surface area (Å²) in [6, 6.07) is 12.9. The standard InChI is InChI=1S/C23H17BrFN3O5/c24-15-6-8-20(33-21(30)9-7-17-5-2-10-32-17)18(12-15)22(28-26)19(29)13-27-23(31)14-3-1-4-16(25)11-14/h1-12H,13,26H2,(H,27,31)/b9-7+,28-22+. The molecule has 3 rings (SSSR count). The third kappa shape index (κ3) is 6.47. The van der Waals surface area contributed by atoms with Gasteiger partial charge < -0.3 is 20.3 Å². The van der Waals surface area contributed by atoms with Crippen LogP contribution in [0.1, 0.15) is 21.7 Å². The Kier molecular flexibility index (Phi) is 7.87. The highest BCUT2D eigenvalue weighted by Crippen LogP contribution is 2.25. The lowest BCUT2D eigenvalue weighted by Gasteiger charge is -2.11. The molecule has 0 saturated heterocycles. The number of nitrogens with zero attached hydrogens (tertiary/aromatic N) is 1. The van der Waals surface area contributed by atoms with Gasteiger partial charge >= 0.3 is 5.97 Å². The summed E-state index contributed by atoms with van der Waals surface area (Å²) in [5.74, 6) is 3.32. The topological polar surface area (TPSA) is 124 Å². The quantitative estimate of drug-likeness (QED) is 0.119. The summed E-state index contributed by atoms with van der Waals surface area (Å²) in [6.45, 7) is -0.469. The van der Waals surface area contributed by atoms with Crippen LogP contribution in [0.5, 0.6) is 5.75 Å². The lowest BCUT2D eigenvalue weighted by molar-refractivity contribution is -0.129. The van der Waals surface area contributed by atoms with Crippen molar-refractivity contribution in [3.05, 3.63) is 94.1 Å².